The average molecular weight is 306 g/mol. The van der Waals surface area contributed by atoms with Crippen molar-refractivity contribution >= 4 is 11.6 Å². The van der Waals surface area contributed by atoms with Gasteiger partial charge in [0.05, 0.1) is 0 Å². The van der Waals surface area contributed by atoms with E-state index in [0.29, 0.717) is 5.02 Å². The molecule has 112 valence electrons. The van der Waals surface area contributed by atoms with Crippen molar-refractivity contribution in [1.82, 2.24) is 5.32 Å². The third kappa shape index (κ3) is 3.84. The Morgan fingerprint density at radius 1 is 1.14 bits per heavy atom. The second-order valence-corrected chi connectivity index (χ2v) is 5.76. The third-order valence-electron chi connectivity index (χ3n) is 3.84. The molecular weight excluding hydrogens is 285 g/mol. The van der Waals surface area contributed by atoms with Crippen LogP contribution in [0.3, 0.4) is 0 Å². The molecule has 2 rings (SSSR count). The normalized spacial score (nSPS) is 12.4. The summed E-state index contributed by atoms with van der Waals surface area (Å²) in [7, 11) is 0. The van der Waals surface area contributed by atoms with E-state index in [2.05, 4.69) is 44.3 Å². The Bertz CT molecular complexity index is 604. The van der Waals surface area contributed by atoms with Crippen LogP contribution in [0.15, 0.2) is 36.4 Å². The van der Waals surface area contributed by atoms with Gasteiger partial charge in [-0.25, -0.2) is 4.39 Å². The summed E-state index contributed by atoms with van der Waals surface area (Å²) in [6.45, 7) is 7.15. The Hall–Kier alpha value is -1.38. The third-order valence-corrected chi connectivity index (χ3v) is 4.17. The van der Waals surface area contributed by atoms with Gasteiger partial charge in [-0.3, -0.25) is 0 Å². The number of rotatable bonds is 5. The molecule has 1 unspecified atom stereocenters. The standard InChI is InChI=1S/C18H21ClFN/c1-4-21-18(15-9-8-14(20)10-17(15)19)11-16-12(2)6-5-7-13(16)3/h5-10,18,21H,4,11H2,1-3H3. The van der Waals surface area contributed by atoms with Crippen molar-refractivity contribution in [2.24, 2.45) is 0 Å². The molecule has 0 spiro atoms. The predicted octanol–water partition coefficient (Wildman–Crippen LogP) is 4.99. The fourth-order valence-electron chi connectivity index (χ4n) is 2.70. The maximum absolute atomic E-state index is 13.2. The highest BCUT2D eigenvalue weighted by Crippen LogP contribution is 2.28. The largest absolute Gasteiger partial charge is 0.310 e. The molecule has 0 aliphatic heterocycles. The zero-order valence-corrected chi connectivity index (χ0v) is 13.5. The summed E-state index contributed by atoms with van der Waals surface area (Å²) < 4.78 is 13.2. The van der Waals surface area contributed by atoms with Gasteiger partial charge in [0.2, 0.25) is 0 Å². The van der Waals surface area contributed by atoms with Crippen LogP contribution in [0.5, 0.6) is 0 Å². The summed E-state index contributed by atoms with van der Waals surface area (Å²) in [6, 6.07) is 11.0. The topological polar surface area (TPSA) is 12.0 Å². The summed E-state index contributed by atoms with van der Waals surface area (Å²) in [5.74, 6) is -0.300. The Labute approximate surface area is 131 Å². The van der Waals surface area contributed by atoms with Crippen molar-refractivity contribution in [1.29, 1.82) is 0 Å². The Morgan fingerprint density at radius 3 is 2.38 bits per heavy atom. The fraction of sp³-hybridized carbons (Fsp3) is 0.333. The van der Waals surface area contributed by atoms with Crippen LogP contribution >= 0.6 is 11.6 Å². The predicted molar refractivity (Wildman–Crippen MR) is 87.4 cm³/mol. The number of benzene rings is 2. The summed E-state index contributed by atoms with van der Waals surface area (Å²) >= 11 is 6.23. The Morgan fingerprint density at radius 2 is 1.81 bits per heavy atom. The van der Waals surface area contributed by atoms with Crippen LogP contribution in [0.1, 0.15) is 35.2 Å². The number of nitrogens with one attached hydrogen (secondary N) is 1. The highest BCUT2D eigenvalue weighted by atomic mass is 35.5. The van der Waals surface area contributed by atoms with Crippen LogP contribution in [-0.4, -0.2) is 6.54 Å². The summed E-state index contributed by atoms with van der Waals surface area (Å²) in [6.07, 6.45) is 0.845. The Kier molecular flexibility index (Phi) is 5.38. The molecular formula is C18H21ClFN. The fourth-order valence-corrected chi connectivity index (χ4v) is 3.00. The molecule has 0 bridgehead atoms. The molecule has 0 saturated carbocycles. The maximum atomic E-state index is 13.2. The molecule has 0 saturated heterocycles. The zero-order chi connectivity index (χ0) is 15.4. The number of halogens is 2. The molecule has 0 heterocycles. The number of hydrogen-bond acceptors (Lipinski definition) is 1. The molecule has 3 heteroatoms. The van der Waals surface area contributed by atoms with Crippen LogP contribution in [-0.2, 0) is 6.42 Å². The lowest BCUT2D eigenvalue weighted by Crippen LogP contribution is -2.24. The molecule has 0 aliphatic carbocycles. The van der Waals surface area contributed by atoms with Crippen molar-refractivity contribution in [3.63, 3.8) is 0 Å². The average Bonchev–Trinajstić information content (AvgIpc) is 2.42. The smallest absolute Gasteiger partial charge is 0.124 e. The van der Waals surface area contributed by atoms with Crippen LogP contribution < -0.4 is 5.32 Å². The van der Waals surface area contributed by atoms with E-state index < -0.39 is 0 Å². The molecule has 1 atom stereocenters. The molecule has 0 amide bonds. The molecule has 21 heavy (non-hydrogen) atoms. The van der Waals surface area contributed by atoms with Crippen molar-refractivity contribution in [2.75, 3.05) is 6.54 Å². The number of aryl methyl sites for hydroxylation is 2. The SMILES string of the molecule is CCNC(Cc1c(C)cccc1C)c1ccc(F)cc1Cl. The van der Waals surface area contributed by atoms with Crippen LogP contribution in [0.25, 0.3) is 0 Å². The second-order valence-electron chi connectivity index (χ2n) is 5.35. The van der Waals surface area contributed by atoms with Gasteiger partial charge in [-0.1, -0.05) is 42.8 Å². The van der Waals surface area contributed by atoms with Crippen molar-refractivity contribution in [3.05, 3.63) is 69.5 Å². The molecule has 0 aliphatic rings. The van der Waals surface area contributed by atoms with E-state index in [1.807, 2.05) is 0 Å². The van der Waals surface area contributed by atoms with Gasteiger partial charge in [0, 0.05) is 11.1 Å². The van der Waals surface area contributed by atoms with E-state index in [9.17, 15) is 4.39 Å². The first-order valence-corrected chi connectivity index (χ1v) is 7.64. The van der Waals surface area contributed by atoms with Crippen molar-refractivity contribution in [2.45, 2.75) is 33.2 Å². The number of likely N-dealkylation sites (N-methyl/N-ethyl adjacent to an activating group) is 1. The van der Waals surface area contributed by atoms with E-state index in [4.69, 9.17) is 11.6 Å². The van der Waals surface area contributed by atoms with Crippen molar-refractivity contribution in [3.8, 4) is 0 Å². The van der Waals surface area contributed by atoms with Crippen LogP contribution in [0.2, 0.25) is 5.02 Å². The maximum Gasteiger partial charge on any atom is 0.124 e. The molecule has 2 aromatic rings. The van der Waals surface area contributed by atoms with E-state index in [1.165, 1.54) is 28.8 Å². The van der Waals surface area contributed by atoms with Gasteiger partial charge in [-0.2, -0.15) is 0 Å². The van der Waals surface area contributed by atoms with E-state index in [-0.39, 0.29) is 11.9 Å². The summed E-state index contributed by atoms with van der Waals surface area (Å²) in [5, 5.41) is 3.93. The molecule has 1 N–H and O–H groups in total. The van der Waals surface area contributed by atoms with Gasteiger partial charge in [0.1, 0.15) is 5.82 Å². The molecule has 2 aromatic carbocycles. The van der Waals surface area contributed by atoms with E-state index in [1.54, 1.807) is 6.07 Å². The molecule has 0 radical (unpaired) electrons. The minimum Gasteiger partial charge on any atom is -0.310 e. The number of hydrogen-bond donors (Lipinski definition) is 1. The monoisotopic (exact) mass is 305 g/mol. The van der Waals surface area contributed by atoms with Crippen molar-refractivity contribution < 1.29 is 4.39 Å². The first-order valence-electron chi connectivity index (χ1n) is 7.26. The van der Waals surface area contributed by atoms with E-state index >= 15 is 0 Å². The highest BCUT2D eigenvalue weighted by molar-refractivity contribution is 6.31. The second kappa shape index (κ2) is 7.06. The minimum atomic E-state index is -0.300. The Balaban J connectivity index is 2.35. The summed E-state index contributed by atoms with van der Waals surface area (Å²) in [4.78, 5) is 0. The van der Waals surface area contributed by atoms with Gasteiger partial charge in [-0.15, -0.1) is 0 Å². The van der Waals surface area contributed by atoms with Gasteiger partial charge in [0.25, 0.3) is 0 Å². The lowest BCUT2D eigenvalue weighted by molar-refractivity contribution is 0.545. The lowest BCUT2D eigenvalue weighted by Gasteiger charge is -2.22. The molecule has 0 fully saturated rings. The first-order chi connectivity index (χ1) is 10.0. The zero-order valence-electron chi connectivity index (χ0n) is 12.7. The van der Waals surface area contributed by atoms with Gasteiger partial charge < -0.3 is 5.32 Å². The quantitative estimate of drug-likeness (QED) is 0.820. The van der Waals surface area contributed by atoms with Crippen LogP contribution in [0.4, 0.5) is 4.39 Å². The van der Waals surface area contributed by atoms with Gasteiger partial charge in [0.15, 0.2) is 0 Å². The van der Waals surface area contributed by atoms with E-state index in [0.717, 1.165) is 18.5 Å². The molecule has 1 nitrogen and oxygen atoms in total. The van der Waals surface area contributed by atoms with Gasteiger partial charge >= 0.3 is 0 Å². The lowest BCUT2D eigenvalue weighted by atomic mass is 9.93. The molecule has 0 aromatic heterocycles. The minimum absolute atomic E-state index is 0.0860. The first kappa shape index (κ1) is 16.0. The highest BCUT2D eigenvalue weighted by Gasteiger charge is 2.17. The van der Waals surface area contributed by atoms with Gasteiger partial charge in [-0.05, 0) is 61.2 Å². The summed E-state index contributed by atoms with van der Waals surface area (Å²) in [5.41, 5.74) is 4.82. The van der Waals surface area contributed by atoms with Crippen LogP contribution in [0, 0.1) is 19.7 Å².